The molecule has 6 nitrogen and oxygen atoms in total. The molecule has 6 heteroatoms. The second kappa shape index (κ2) is 46.8. The molecular formula is C53H84O6. The Morgan fingerprint density at radius 3 is 1.32 bits per heavy atom. The molecule has 59 heavy (non-hydrogen) atoms. The molecule has 0 N–H and O–H groups in total. The van der Waals surface area contributed by atoms with Gasteiger partial charge in [-0.05, 0) is 51.4 Å². The standard InChI is InChI=1S/C53H84O6/c1-4-7-10-13-16-19-21-23-25-26-28-29-31-34-37-40-43-46-52(55)58-49-50(48-57-51(54)45-42-39-36-33-18-15-12-9-6-3)59-53(56)47-44-41-38-35-32-30-27-24-22-20-17-14-11-8-5-2/h7,9-10,12-13,16,18-19,21,23,25-26,28-29,31,33,39,42,50H,4-6,8,11,14-15,17,20,22,24,27,30,32,34-38,40-41,43-49H2,1-3H3/b10-7-,12-9-,16-13-,21-19-,25-23-,28-26+,31-29-,33-18-,42-39-. The number of unbranched alkanes of at least 4 members (excludes halogenated alkanes) is 17. The SMILES string of the molecule is CC\C=C/C=C\C=C/C=C\C=C\C=C/CCCCCC(=O)OCC(COC(=O)C/C=C\C/C=C\C/C=C\CC)OC(=O)CCCCCCCCCCCCCCCCC. The Kier molecular flexibility index (Phi) is 43.6. The van der Waals surface area contributed by atoms with E-state index in [2.05, 4.69) is 57.2 Å². The van der Waals surface area contributed by atoms with Gasteiger partial charge >= 0.3 is 17.9 Å². The van der Waals surface area contributed by atoms with Gasteiger partial charge in [-0.25, -0.2) is 0 Å². The predicted octanol–water partition coefficient (Wildman–Crippen LogP) is 15.2. The molecule has 0 rings (SSSR count). The Morgan fingerprint density at radius 2 is 0.797 bits per heavy atom. The van der Waals surface area contributed by atoms with E-state index in [1.165, 1.54) is 77.0 Å². The lowest BCUT2D eigenvalue weighted by Crippen LogP contribution is -2.30. The summed E-state index contributed by atoms with van der Waals surface area (Å²) < 4.78 is 16.6. The maximum Gasteiger partial charge on any atom is 0.309 e. The van der Waals surface area contributed by atoms with Gasteiger partial charge in [0.25, 0.3) is 0 Å². The fourth-order valence-corrected chi connectivity index (χ4v) is 6.00. The molecule has 0 fully saturated rings. The van der Waals surface area contributed by atoms with Gasteiger partial charge in [0.05, 0.1) is 6.42 Å². The third kappa shape index (κ3) is 45.0. The lowest BCUT2D eigenvalue weighted by molar-refractivity contribution is -0.166. The second-order valence-corrected chi connectivity index (χ2v) is 15.1. The largest absolute Gasteiger partial charge is 0.462 e. The molecule has 0 bridgehead atoms. The zero-order valence-corrected chi connectivity index (χ0v) is 37.7. The molecule has 1 unspecified atom stereocenters. The van der Waals surface area contributed by atoms with Crippen molar-refractivity contribution < 1.29 is 28.6 Å². The van der Waals surface area contributed by atoms with E-state index in [1.807, 2.05) is 66.8 Å². The first kappa shape index (κ1) is 55.1. The van der Waals surface area contributed by atoms with Crippen LogP contribution in [0.2, 0.25) is 0 Å². The van der Waals surface area contributed by atoms with Gasteiger partial charge in [0.15, 0.2) is 6.10 Å². The summed E-state index contributed by atoms with van der Waals surface area (Å²) >= 11 is 0. The van der Waals surface area contributed by atoms with Crippen molar-refractivity contribution in [1.29, 1.82) is 0 Å². The topological polar surface area (TPSA) is 78.9 Å². The van der Waals surface area contributed by atoms with Crippen LogP contribution in [-0.2, 0) is 28.6 Å². The molecule has 0 aliphatic rings. The minimum atomic E-state index is -0.830. The first-order chi connectivity index (χ1) is 29.0. The summed E-state index contributed by atoms with van der Waals surface area (Å²) in [5.41, 5.74) is 0. The van der Waals surface area contributed by atoms with E-state index < -0.39 is 12.1 Å². The highest BCUT2D eigenvalue weighted by molar-refractivity contribution is 5.72. The molecule has 0 aliphatic heterocycles. The van der Waals surface area contributed by atoms with Gasteiger partial charge in [-0.1, -0.05) is 226 Å². The summed E-state index contributed by atoms with van der Waals surface area (Å²) in [7, 11) is 0. The van der Waals surface area contributed by atoms with Crippen LogP contribution in [0.15, 0.2) is 109 Å². The number of hydrogen-bond acceptors (Lipinski definition) is 6. The van der Waals surface area contributed by atoms with Crippen molar-refractivity contribution in [3.63, 3.8) is 0 Å². The van der Waals surface area contributed by atoms with Crippen LogP contribution < -0.4 is 0 Å². The highest BCUT2D eigenvalue weighted by atomic mass is 16.6. The Bertz CT molecular complexity index is 1260. The lowest BCUT2D eigenvalue weighted by Gasteiger charge is -2.18. The van der Waals surface area contributed by atoms with E-state index in [0.717, 1.165) is 70.6 Å². The van der Waals surface area contributed by atoms with Crippen LogP contribution in [0.5, 0.6) is 0 Å². The first-order valence-electron chi connectivity index (χ1n) is 23.5. The third-order valence-electron chi connectivity index (χ3n) is 9.47. The first-order valence-corrected chi connectivity index (χ1v) is 23.5. The van der Waals surface area contributed by atoms with Gasteiger partial charge in [-0.15, -0.1) is 0 Å². The Hall–Kier alpha value is -3.93. The summed E-state index contributed by atoms with van der Waals surface area (Å²) in [5, 5.41) is 0. The lowest BCUT2D eigenvalue weighted by atomic mass is 10.0. The number of allylic oxidation sites excluding steroid dienone is 17. The molecule has 0 aromatic carbocycles. The smallest absolute Gasteiger partial charge is 0.309 e. The van der Waals surface area contributed by atoms with Gasteiger partial charge in [-0.3, -0.25) is 14.4 Å². The van der Waals surface area contributed by atoms with Crippen molar-refractivity contribution in [3.8, 4) is 0 Å². The van der Waals surface area contributed by atoms with Gasteiger partial charge < -0.3 is 14.2 Å². The summed E-state index contributed by atoms with van der Waals surface area (Å²) in [4.78, 5) is 37.7. The molecule has 0 aromatic rings. The molecule has 332 valence electrons. The molecule has 0 heterocycles. The van der Waals surface area contributed by atoms with Gasteiger partial charge in [0.1, 0.15) is 13.2 Å². The Balaban J connectivity index is 4.51. The van der Waals surface area contributed by atoms with E-state index >= 15 is 0 Å². The number of ether oxygens (including phenoxy) is 3. The van der Waals surface area contributed by atoms with Crippen LogP contribution in [0.4, 0.5) is 0 Å². The molecule has 0 aromatic heterocycles. The molecule has 0 radical (unpaired) electrons. The predicted molar refractivity (Wildman–Crippen MR) is 251 cm³/mol. The number of esters is 3. The van der Waals surface area contributed by atoms with Gasteiger partial charge in [0, 0.05) is 12.8 Å². The fourth-order valence-electron chi connectivity index (χ4n) is 6.00. The third-order valence-corrected chi connectivity index (χ3v) is 9.47. The Morgan fingerprint density at radius 1 is 0.390 bits per heavy atom. The maximum absolute atomic E-state index is 12.7. The van der Waals surface area contributed by atoms with Crippen LogP contribution in [0.3, 0.4) is 0 Å². The summed E-state index contributed by atoms with van der Waals surface area (Å²) in [6.07, 6.45) is 62.5. The fraction of sp³-hybridized carbons (Fsp3) is 0.604. The monoisotopic (exact) mass is 817 g/mol. The van der Waals surface area contributed by atoms with Crippen molar-refractivity contribution in [1.82, 2.24) is 0 Å². The molecule has 0 aliphatic carbocycles. The van der Waals surface area contributed by atoms with Crippen molar-refractivity contribution in [2.75, 3.05) is 13.2 Å². The highest BCUT2D eigenvalue weighted by Gasteiger charge is 2.19. The van der Waals surface area contributed by atoms with E-state index in [1.54, 1.807) is 6.08 Å². The van der Waals surface area contributed by atoms with Crippen molar-refractivity contribution in [2.24, 2.45) is 0 Å². The minimum absolute atomic E-state index is 0.124. The van der Waals surface area contributed by atoms with E-state index in [9.17, 15) is 14.4 Å². The number of rotatable bonds is 40. The molecule has 1 atom stereocenters. The summed E-state index contributed by atoms with van der Waals surface area (Å²) in [6.45, 7) is 6.22. The van der Waals surface area contributed by atoms with Crippen LogP contribution in [0.1, 0.15) is 188 Å². The average molecular weight is 817 g/mol. The summed E-state index contributed by atoms with van der Waals surface area (Å²) in [5.74, 6) is -1.10. The van der Waals surface area contributed by atoms with Crippen LogP contribution in [-0.4, -0.2) is 37.2 Å². The van der Waals surface area contributed by atoms with Crippen molar-refractivity contribution >= 4 is 17.9 Å². The molecule has 0 saturated carbocycles. The maximum atomic E-state index is 12.7. The summed E-state index contributed by atoms with van der Waals surface area (Å²) in [6, 6.07) is 0. The normalized spacial score (nSPS) is 13.1. The van der Waals surface area contributed by atoms with Crippen LogP contribution in [0.25, 0.3) is 0 Å². The van der Waals surface area contributed by atoms with Crippen LogP contribution >= 0.6 is 0 Å². The number of carbonyl (C=O) groups excluding carboxylic acids is 3. The highest BCUT2D eigenvalue weighted by Crippen LogP contribution is 2.14. The van der Waals surface area contributed by atoms with Crippen molar-refractivity contribution in [3.05, 3.63) is 109 Å². The van der Waals surface area contributed by atoms with E-state index in [-0.39, 0.29) is 31.6 Å². The van der Waals surface area contributed by atoms with Crippen molar-refractivity contribution in [2.45, 2.75) is 194 Å². The zero-order valence-electron chi connectivity index (χ0n) is 37.7. The average Bonchev–Trinajstić information content (AvgIpc) is 3.23. The van der Waals surface area contributed by atoms with Gasteiger partial charge in [-0.2, -0.15) is 0 Å². The van der Waals surface area contributed by atoms with E-state index in [4.69, 9.17) is 14.2 Å². The number of hydrogen-bond donors (Lipinski definition) is 0. The zero-order chi connectivity index (χ0) is 43.0. The minimum Gasteiger partial charge on any atom is -0.462 e. The van der Waals surface area contributed by atoms with Crippen LogP contribution in [0, 0.1) is 0 Å². The Labute approximate surface area is 361 Å². The quantitative estimate of drug-likeness (QED) is 0.0201. The van der Waals surface area contributed by atoms with E-state index in [0.29, 0.717) is 12.8 Å². The molecule has 0 amide bonds. The number of carbonyl (C=O) groups is 3. The van der Waals surface area contributed by atoms with Gasteiger partial charge in [0.2, 0.25) is 0 Å². The molecule has 0 spiro atoms. The second-order valence-electron chi connectivity index (χ2n) is 15.1. The molecule has 0 saturated heterocycles. The molecular weight excluding hydrogens is 733 g/mol.